The number of H-pyrrole nitrogens is 1. The van der Waals surface area contributed by atoms with Crippen LogP contribution in [0.3, 0.4) is 0 Å². The van der Waals surface area contributed by atoms with Gasteiger partial charge in [-0.2, -0.15) is 0 Å². The number of hydrogen-bond acceptors (Lipinski definition) is 2. The van der Waals surface area contributed by atoms with Crippen molar-refractivity contribution in [2.24, 2.45) is 0 Å². The Labute approximate surface area is 139 Å². The van der Waals surface area contributed by atoms with Crippen LogP contribution in [0.1, 0.15) is 68.1 Å². The Morgan fingerprint density at radius 3 is 2.43 bits per heavy atom. The molecule has 0 aliphatic rings. The summed E-state index contributed by atoms with van der Waals surface area (Å²) in [5, 5.41) is 0. The minimum Gasteiger partial charge on any atom is -0.323 e. The number of aromatic amines is 1. The van der Waals surface area contributed by atoms with Crippen LogP contribution in [0.15, 0.2) is 35.1 Å². The van der Waals surface area contributed by atoms with Crippen LogP contribution in [0.4, 0.5) is 0 Å². The fourth-order valence-corrected chi connectivity index (χ4v) is 2.83. The molecule has 1 heterocycles. The van der Waals surface area contributed by atoms with E-state index in [1.54, 1.807) is 0 Å². The minimum absolute atomic E-state index is 0.0184. The van der Waals surface area contributed by atoms with E-state index in [2.05, 4.69) is 29.0 Å². The standard InChI is InChI=1S/C20H28N2O/c1-3-4-5-6-7-11-14-18-20(23)22-19(16(2)21-18)15-17-12-9-8-10-13-17/h8-10,12-13H,3-7,11,14-15H2,1-2H3,(H,22,23). The maximum absolute atomic E-state index is 12.2. The second-order valence-corrected chi connectivity index (χ2v) is 6.26. The van der Waals surface area contributed by atoms with Gasteiger partial charge in [0, 0.05) is 12.1 Å². The van der Waals surface area contributed by atoms with Crippen molar-refractivity contribution in [1.82, 2.24) is 9.97 Å². The van der Waals surface area contributed by atoms with Crippen molar-refractivity contribution in [2.75, 3.05) is 0 Å². The van der Waals surface area contributed by atoms with E-state index in [9.17, 15) is 4.79 Å². The van der Waals surface area contributed by atoms with Gasteiger partial charge in [0.1, 0.15) is 5.69 Å². The highest BCUT2D eigenvalue weighted by molar-refractivity contribution is 5.24. The Balaban J connectivity index is 1.93. The van der Waals surface area contributed by atoms with Crippen molar-refractivity contribution in [2.45, 2.75) is 65.2 Å². The Hall–Kier alpha value is -1.90. The van der Waals surface area contributed by atoms with Crippen LogP contribution in [0.25, 0.3) is 0 Å². The third kappa shape index (κ3) is 5.66. The molecule has 0 bridgehead atoms. The molecule has 0 saturated carbocycles. The average Bonchev–Trinajstić information content (AvgIpc) is 2.56. The number of aryl methyl sites for hydroxylation is 2. The quantitative estimate of drug-likeness (QED) is 0.689. The number of hydrogen-bond donors (Lipinski definition) is 1. The highest BCUT2D eigenvalue weighted by atomic mass is 16.1. The molecule has 2 rings (SSSR count). The largest absolute Gasteiger partial charge is 0.323 e. The first-order valence-corrected chi connectivity index (χ1v) is 8.83. The third-order valence-corrected chi connectivity index (χ3v) is 4.26. The second-order valence-electron chi connectivity index (χ2n) is 6.26. The summed E-state index contributed by atoms with van der Waals surface area (Å²) in [4.78, 5) is 19.8. The van der Waals surface area contributed by atoms with E-state index < -0.39 is 0 Å². The lowest BCUT2D eigenvalue weighted by Gasteiger charge is -2.08. The first kappa shape index (κ1) is 17.5. The van der Waals surface area contributed by atoms with Gasteiger partial charge in [0.2, 0.25) is 0 Å². The maximum Gasteiger partial charge on any atom is 0.269 e. The van der Waals surface area contributed by atoms with E-state index in [1.165, 1.54) is 37.7 Å². The van der Waals surface area contributed by atoms with E-state index in [0.29, 0.717) is 5.69 Å². The summed E-state index contributed by atoms with van der Waals surface area (Å²) in [7, 11) is 0. The monoisotopic (exact) mass is 312 g/mol. The van der Waals surface area contributed by atoms with Gasteiger partial charge in [-0.1, -0.05) is 69.4 Å². The fraction of sp³-hybridized carbons (Fsp3) is 0.500. The van der Waals surface area contributed by atoms with Crippen LogP contribution in [-0.4, -0.2) is 9.97 Å². The van der Waals surface area contributed by atoms with Gasteiger partial charge in [0.25, 0.3) is 5.56 Å². The van der Waals surface area contributed by atoms with Crippen molar-refractivity contribution >= 4 is 0 Å². The number of unbranched alkanes of at least 4 members (excludes halogenated alkanes) is 5. The molecule has 0 saturated heterocycles. The fourth-order valence-electron chi connectivity index (χ4n) is 2.83. The molecule has 0 amide bonds. The Morgan fingerprint density at radius 2 is 1.70 bits per heavy atom. The smallest absolute Gasteiger partial charge is 0.269 e. The lowest BCUT2D eigenvalue weighted by Crippen LogP contribution is -2.19. The normalized spacial score (nSPS) is 10.9. The van der Waals surface area contributed by atoms with Gasteiger partial charge in [-0.25, -0.2) is 0 Å². The molecule has 0 fully saturated rings. The summed E-state index contributed by atoms with van der Waals surface area (Å²) >= 11 is 0. The van der Waals surface area contributed by atoms with Gasteiger partial charge < -0.3 is 4.98 Å². The van der Waals surface area contributed by atoms with Crippen LogP contribution in [0.2, 0.25) is 0 Å². The molecule has 2 aromatic rings. The van der Waals surface area contributed by atoms with E-state index in [1.807, 2.05) is 25.1 Å². The number of rotatable bonds is 9. The Kier molecular flexibility index (Phi) is 7.05. The van der Waals surface area contributed by atoms with Crippen LogP contribution < -0.4 is 5.56 Å². The van der Waals surface area contributed by atoms with Crippen LogP contribution in [0.5, 0.6) is 0 Å². The summed E-state index contributed by atoms with van der Waals surface area (Å²) in [5.41, 5.74) is 3.73. The zero-order valence-corrected chi connectivity index (χ0v) is 14.4. The zero-order valence-electron chi connectivity index (χ0n) is 14.4. The summed E-state index contributed by atoms with van der Waals surface area (Å²) in [6.45, 7) is 4.21. The lowest BCUT2D eigenvalue weighted by molar-refractivity contribution is 0.602. The van der Waals surface area contributed by atoms with Crippen molar-refractivity contribution in [3.05, 3.63) is 63.3 Å². The number of aromatic nitrogens is 2. The molecule has 1 aromatic carbocycles. The van der Waals surface area contributed by atoms with Crippen molar-refractivity contribution in [3.63, 3.8) is 0 Å². The lowest BCUT2D eigenvalue weighted by atomic mass is 10.1. The topological polar surface area (TPSA) is 45.8 Å². The molecule has 3 nitrogen and oxygen atoms in total. The number of nitrogens with one attached hydrogen (secondary N) is 1. The van der Waals surface area contributed by atoms with E-state index in [0.717, 1.165) is 30.7 Å². The molecule has 3 heteroatoms. The highest BCUT2D eigenvalue weighted by Crippen LogP contribution is 2.11. The summed E-state index contributed by atoms with van der Waals surface area (Å²) in [6, 6.07) is 10.2. The van der Waals surface area contributed by atoms with Crippen LogP contribution in [-0.2, 0) is 12.8 Å². The SMILES string of the molecule is CCCCCCCCc1nc(C)c(Cc2ccccc2)[nH]c1=O. The van der Waals surface area contributed by atoms with E-state index in [4.69, 9.17) is 0 Å². The number of benzene rings is 1. The van der Waals surface area contributed by atoms with Gasteiger partial charge in [0.15, 0.2) is 0 Å². The molecule has 0 aliphatic carbocycles. The van der Waals surface area contributed by atoms with E-state index in [-0.39, 0.29) is 5.56 Å². The van der Waals surface area contributed by atoms with Gasteiger partial charge in [-0.15, -0.1) is 0 Å². The molecular weight excluding hydrogens is 284 g/mol. The number of nitrogens with zero attached hydrogens (tertiary/aromatic N) is 1. The average molecular weight is 312 g/mol. The molecule has 23 heavy (non-hydrogen) atoms. The maximum atomic E-state index is 12.2. The predicted molar refractivity (Wildman–Crippen MR) is 95.9 cm³/mol. The minimum atomic E-state index is -0.0184. The molecule has 0 unspecified atom stereocenters. The molecule has 0 radical (unpaired) electrons. The first-order valence-electron chi connectivity index (χ1n) is 8.83. The molecule has 1 aromatic heterocycles. The molecular formula is C20H28N2O. The molecule has 124 valence electrons. The summed E-state index contributed by atoms with van der Waals surface area (Å²) in [5.74, 6) is 0. The summed E-state index contributed by atoms with van der Waals surface area (Å²) < 4.78 is 0. The summed E-state index contributed by atoms with van der Waals surface area (Å²) in [6.07, 6.45) is 8.89. The van der Waals surface area contributed by atoms with Crippen molar-refractivity contribution in [1.29, 1.82) is 0 Å². The van der Waals surface area contributed by atoms with Gasteiger partial charge >= 0.3 is 0 Å². The van der Waals surface area contributed by atoms with Crippen molar-refractivity contribution < 1.29 is 0 Å². The van der Waals surface area contributed by atoms with Gasteiger partial charge in [-0.05, 0) is 25.3 Å². The van der Waals surface area contributed by atoms with E-state index >= 15 is 0 Å². The predicted octanol–water partition coefficient (Wildman–Crippen LogP) is 4.57. The molecule has 0 atom stereocenters. The first-order chi connectivity index (χ1) is 11.2. The van der Waals surface area contributed by atoms with Crippen LogP contribution in [0, 0.1) is 6.92 Å². The molecule has 0 aliphatic heterocycles. The second kappa shape index (κ2) is 9.29. The molecule has 1 N–H and O–H groups in total. The Bertz CT molecular complexity index is 646. The zero-order chi connectivity index (χ0) is 16.5. The highest BCUT2D eigenvalue weighted by Gasteiger charge is 2.08. The van der Waals surface area contributed by atoms with Crippen molar-refractivity contribution in [3.8, 4) is 0 Å². The third-order valence-electron chi connectivity index (χ3n) is 4.26. The molecule has 0 spiro atoms. The van der Waals surface area contributed by atoms with Crippen LogP contribution >= 0.6 is 0 Å². The van der Waals surface area contributed by atoms with Gasteiger partial charge in [-0.3, -0.25) is 9.78 Å². The van der Waals surface area contributed by atoms with Gasteiger partial charge in [0.05, 0.1) is 5.69 Å². The Morgan fingerprint density at radius 1 is 1.00 bits per heavy atom.